The molecule has 4 nitrogen and oxygen atoms in total. The molecule has 0 aliphatic carbocycles. The Bertz CT molecular complexity index is 1690. The number of imidazole rings is 1. The van der Waals surface area contributed by atoms with Crippen molar-refractivity contribution in [2.45, 2.75) is 6.54 Å². The first kappa shape index (κ1) is 23.2. The maximum Gasteiger partial charge on any atom is 0.145 e. The predicted molar refractivity (Wildman–Crippen MR) is 154 cm³/mol. The summed E-state index contributed by atoms with van der Waals surface area (Å²) in [6.07, 6.45) is 2.07. The topological polar surface area (TPSA) is 35.6 Å². The average Bonchev–Trinajstić information content (AvgIpc) is 3.49. The fourth-order valence-corrected chi connectivity index (χ4v) is 5.18. The highest BCUT2D eigenvalue weighted by Gasteiger charge is 2.21. The van der Waals surface area contributed by atoms with Crippen molar-refractivity contribution in [1.29, 1.82) is 0 Å². The summed E-state index contributed by atoms with van der Waals surface area (Å²) in [5.41, 5.74) is 6.89. The third-order valence-electron chi connectivity index (χ3n) is 6.08. The number of hydrogen-bond donors (Lipinski definition) is 0. The number of halogens is 3. The molecule has 0 fully saturated rings. The minimum Gasteiger partial charge on any atom is -0.319 e. The summed E-state index contributed by atoms with van der Waals surface area (Å²) in [5, 5.41) is 5.72. The minimum absolute atomic E-state index is 0.604. The molecule has 0 unspecified atom stereocenters. The van der Waals surface area contributed by atoms with E-state index in [1.807, 2.05) is 83.5 Å². The van der Waals surface area contributed by atoms with Gasteiger partial charge in [-0.3, -0.25) is 0 Å². The van der Waals surface area contributed by atoms with Crippen LogP contribution in [0.5, 0.6) is 0 Å². The summed E-state index contributed by atoms with van der Waals surface area (Å²) in [6, 6.07) is 32.4. The van der Waals surface area contributed by atoms with Gasteiger partial charge in [-0.1, -0.05) is 85.9 Å². The number of benzene rings is 4. The van der Waals surface area contributed by atoms with Gasteiger partial charge in [-0.05, 0) is 60.2 Å². The van der Waals surface area contributed by atoms with Gasteiger partial charge in [0.05, 0.1) is 28.8 Å². The van der Waals surface area contributed by atoms with Crippen molar-refractivity contribution in [2.75, 3.05) is 0 Å². The molecule has 0 radical (unpaired) electrons. The Kier molecular flexibility index (Phi) is 6.25. The van der Waals surface area contributed by atoms with E-state index in [-0.39, 0.29) is 0 Å². The van der Waals surface area contributed by atoms with Crippen molar-refractivity contribution in [2.24, 2.45) is 0 Å². The van der Waals surface area contributed by atoms with Gasteiger partial charge in [0.15, 0.2) is 0 Å². The highest BCUT2D eigenvalue weighted by Crippen LogP contribution is 2.35. The van der Waals surface area contributed by atoms with Crippen LogP contribution in [0.4, 0.5) is 0 Å². The maximum atomic E-state index is 6.36. The van der Waals surface area contributed by atoms with Crippen molar-refractivity contribution < 1.29 is 0 Å². The van der Waals surface area contributed by atoms with Crippen LogP contribution >= 0.6 is 43.5 Å². The average molecular weight is 619 g/mol. The lowest BCUT2D eigenvalue weighted by atomic mass is 10.1. The van der Waals surface area contributed by atoms with E-state index < -0.39 is 0 Å². The largest absolute Gasteiger partial charge is 0.319 e. The molecule has 4 aromatic carbocycles. The second kappa shape index (κ2) is 9.69. The second-order valence-electron chi connectivity index (χ2n) is 8.42. The van der Waals surface area contributed by atoms with Gasteiger partial charge in [0.1, 0.15) is 11.5 Å². The number of para-hydroxylation sites is 3. The van der Waals surface area contributed by atoms with Crippen LogP contribution in [-0.2, 0) is 6.54 Å². The van der Waals surface area contributed by atoms with Gasteiger partial charge >= 0.3 is 0 Å². The Labute approximate surface area is 230 Å². The number of aromatic nitrogens is 4. The van der Waals surface area contributed by atoms with Crippen LogP contribution in [0.3, 0.4) is 0 Å². The van der Waals surface area contributed by atoms with Gasteiger partial charge < -0.3 is 4.57 Å². The maximum absolute atomic E-state index is 6.36. The van der Waals surface area contributed by atoms with E-state index in [9.17, 15) is 0 Å². The van der Waals surface area contributed by atoms with Crippen LogP contribution < -0.4 is 0 Å². The molecular weight excluding hydrogens is 600 g/mol. The Morgan fingerprint density at radius 1 is 0.806 bits per heavy atom. The number of fused-ring (bicyclic) bond motifs is 1. The Morgan fingerprint density at radius 2 is 1.56 bits per heavy atom. The quantitative estimate of drug-likeness (QED) is 0.194. The van der Waals surface area contributed by atoms with Crippen molar-refractivity contribution >= 4 is 54.5 Å². The Morgan fingerprint density at radius 3 is 2.36 bits per heavy atom. The Hall–Kier alpha value is -3.19. The van der Waals surface area contributed by atoms with Crippen molar-refractivity contribution in [3.8, 4) is 28.3 Å². The molecule has 7 heteroatoms. The molecule has 0 N–H and O–H groups in total. The van der Waals surface area contributed by atoms with E-state index in [0.717, 1.165) is 53.9 Å². The number of hydrogen-bond acceptors (Lipinski definition) is 2. The summed E-state index contributed by atoms with van der Waals surface area (Å²) < 4.78 is 6.18. The second-order valence-corrected chi connectivity index (χ2v) is 10.6. The van der Waals surface area contributed by atoms with Crippen LogP contribution in [0.1, 0.15) is 5.56 Å². The lowest BCUT2D eigenvalue weighted by Gasteiger charge is -2.12. The molecule has 0 amide bonds. The standard InChI is InChI=1S/C29H19Br2ClN4/c30-21-12-10-19(11-13-21)28-24(18-36(34-28)23-6-2-1-3-7-23)29-33-26-8-4-5-9-27(26)35(29)17-20-16-22(32)14-15-25(20)31/h1-16,18H,17H2. The monoisotopic (exact) mass is 616 g/mol. The molecule has 2 heterocycles. The van der Waals surface area contributed by atoms with E-state index in [1.54, 1.807) is 0 Å². The predicted octanol–water partition coefficient (Wildman–Crippen LogP) is 8.78. The SMILES string of the molecule is Clc1ccc(Br)c(Cn2c(-c3cn(-c4ccccc4)nc3-c3ccc(Br)cc3)nc3ccccc32)c1. The summed E-state index contributed by atoms with van der Waals surface area (Å²) in [4.78, 5) is 5.09. The summed E-state index contributed by atoms with van der Waals surface area (Å²) in [5.74, 6) is 0.850. The van der Waals surface area contributed by atoms with Crippen LogP contribution in [-0.4, -0.2) is 19.3 Å². The molecule has 0 saturated heterocycles. The molecule has 6 aromatic rings. The van der Waals surface area contributed by atoms with Gasteiger partial charge in [-0.15, -0.1) is 0 Å². The number of nitrogens with zero attached hydrogens (tertiary/aromatic N) is 4. The lowest BCUT2D eigenvalue weighted by Crippen LogP contribution is -2.03. The molecule has 2 aromatic heterocycles. The first-order chi connectivity index (χ1) is 17.6. The van der Waals surface area contributed by atoms with Gasteiger partial charge in [0.25, 0.3) is 0 Å². The first-order valence-corrected chi connectivity index (χ1v) is 13.3. The zero-order chi connectivity index (χ0) is 24.6. The molecule has 6 rings (SSSR count). The lowest BCUT2D eigenvalue weighted by molar-refractivity contribution is 0.830. The first-order valence-electron chi connectivity index (χ1n) is 11.4. The molecule has 0 saturated carbocycles. The molecule has 0 aliphatic heterocycles. The summed E-state index contributed by atoms with van der Waals surface area (Å²) in [7, 11) is 0. The van der Waals surface area contributed by atoms with Crippen LogP contribution in [0, 0.1) is 0 Å². The van der Waals surface area contributed by atoms with Gasteiger partial charge in [-0.25, -0.2) is 9.67 Å². The van der Waals surface area contributed by atoms with E-state index in [0.29, 0.717) is 11.6 Å². The van der Waals surface area contributed by atoms with Crippen LogP contribution in [0.2, 0.25) is 5.02 Å². The highest BCUT2D eigenvalue weighted by molar-refractivity contribution is 9.10. The van der Waals surface area contributed by atoms with E-state index >= 15 is 0 Å². The molecule has 176 valence electrons. The van der Waals surface area contributed by atoms with E-state index in [1.165, 1.54) is 0 Å². The van der Waals surface area contributed by atoms with Crippen molar-refractivity contribution in [3.63, 3.8) is 0 Å². The van der Waals surface area contributed by atoms with E-state index in [4.69, 9.17) is 21.7 Å². The normalized spacial score (nSPS) is 11.3. The van der Waals surface area contributed by atoms with Crippen molar-refractivity contribution in [1.82, 2.24) is 19.3 Å². The summed E-state index contributed by atoms with van der Waals surface area (Å²) in [6.45, 7) is 0.604. The summed E-state index contributed by atoms with van der Waals surface area (Å²) >= 11 is 13.6. The van der Waals surface area contributed by atoms with E-state index in [2.05, 4.69) is 60.8 Å². The smallest absolute Gasteiger partial charge is 0.145 e. The zero-order valence-electron chi connectivity index (χ0n) is 18.9. The minimum atomic E-state index is 0.604. The molecule has 0 atom stereocenters. The Balaban J connectivity index is 1.59. The van der Waals surface area contributed by atoms with Gasteiger partial charge in [0.2, 0.25) is 0 Å². The van der Waals surface area contributed by atoms with Crippen molar-refractivity contribution in [3.05, 3.63) is 123 Å². The fourth-order valence-electron chi connectivity index (χ4n) is 4.35. The molecular formula is C29H19Br2ClN4. The molecule has 0 spiro atoms. The fraction of sp³-hybridized carbons (Fsp3) is 0.0345. The highest BCUT2D eigenvalue weighted by atomic mass is 79.9. The van der Waals surface area contributed by atoms with Gasteiger partial charge in [-0.2, -0.15) is 5.10 Å². The zero-order valence-corrected chi connectivity index (χ0v) is 22.9. The molecule has 0 aliphatic rings. The third-order valence-corrected chi connectivity index (χ3v) is 7.62. The number of rotatable bonds is 5. The van der Waals surface area contributed by atoms with Crippen LogP contribution in [0.25, 0.3) is 39.4 Å². The van der Waals surface area contributed by atoms with Gasteiger partial charge in [0, 0.05) is 25.7 Å². The molecule has 0 bridgehead atoms. The van der Waals surface area contributed by atoms with Crippen LogP contribution in [0.15, 0.2) is 112 Å². The third kappa shape index (κ3) is 4.41. The molecule has 36 heavy (non-hydrogen) atoms.